The van der Waals surface area contributed by atoms with Crippen LogP contribution in [0.4, 0.5) is 4.39 Å². The van der Waals surface area contributed by atoms with E-state index in [-0.39, 0.29) is 10.9 Å². The summed E-state index contributed by atoms with van der Waals surface area (Å²) in [5.41, 5.74) is 1.53. The number of thioether (sulfide) groups is 1. The minimum Gasteiger partial charge on any atom is -0.315 e. The molecule has 1 heterocycles. The topological polar surface area (TPSA) is 56.6 Å². The van der Waals surface area contributed by atoms with Gasteiger partial charge in [-0.05, 0) is 18.6 Å². The Morgan fingerprint density at radius 1 is 1.26 bits per heavy atom. The van der Waals surface area contributed by atoms with Gasteiger partial charge < -0.3 is 4.98 Å². The fraction of sp³-hybridized carbons (Fsp3) is 0.111. The van der Waals surface area contributed by atoms with E-state index in [0.717, 1.165) is 11.1 Å². The smallest absolute Gasteiger partial charge is 0.267 e. The second kappa shape index (κ2) is 6.27. The summed E-state index contributed by atoms with van der Waals surface area (Å²) in [6.45, 7) is 2.02. The number of rotatable bonds is 3. The van der Waals surface area contributed by atoms with Crippen molar-refractivity contribution in [3.63, 3.8) is 0 Å². The van der Waals surface area contributed by atoms with Gasteiger partial charge in [0.2, 0.25) is 0 Å². The van der Waals surface area contributed by atoms with Crippen LogP contribution in [0, 0.1) is 24.1 Å². The first-order chi connectivity index (χ1) is 11.1. The van der Waals surface area contributed by atoms with Crippen LogP contribution < -0.4 is 5.56 Å². The Morgan fingerprint density at radius 3 is 2.78 bits per heavy atom. The van der Waals surface area contributed by atoms with Gasteiger partial charge in [-0.25, -0.2) is 4.39 Å². The molecule has 1 N–H and O–H groups in total. The number of H-pyrrole nitrogens is 1. The molecule has 0 aliphatic carbocycles. The van der Waals surface area contributed by atoms with Crippen LogP contribution in [0.3, 0.4) is 0 Å². The molecule has 23 heavy (non-hydrogen) atoms. The zero-order valence-electron chi connectivity index (χ0n) is 12.4. The quantitative estimate of drug-likeness (QED) is 0.737. The molecule has 0 amide bonds. The highest BCUT2D eigenvalue weighted by atomic mass is 32.2. The third-order valence-corrected chi connectivity index (χ3v) is 4.63. The fourth-order valence-electron chi connectivity index (χ4n) is 2.49. The van der Waals surface area contributed by atoms with E-state index in [1.807, 2.05) is 25.1 Å². The molecule has 114 valence electrons. The molecule has 0 spiro atoms. The molecule has 0 saturated heterocycles. The van der Waals surface area contributed by atoms with Crippen molar-refractivity contribution in [3.8, 4) is 6.07 Å². The fourth-order valence-corrected chi connectivity index (χ4v) is 3.47. The van der Waals surface area contributed by atoms with Crippen molar-refractivity contribution in [3.05, 3.63) is 75.3 Å². The molecule has 2 aromatic carbocycles. The van der Waals surface area contributed by atoms with Gasteiger partial charge in [0.15, 0.2) is 0 Å². The minimum absolute atomic E-state index is 0.0884. The van der Waals surface area contributed by atoms with Gasteiger partial charge in [0, 0.05) is 16.5 Å². The van der Waals surface area contributed by atoms with Gasteiger partial charge in [-0.3, -0.25) is 4.79 Å². The maximum absolute atomic E-state index is 14.1. The summed E-state index contributed by atoms with van der Waals surface area (Å²) in [6, 6.07) is 14.4. The van der Waals surface area contributed by atoms with E-state index < -0.39 is 11.4 Å². The van der Waals surface area contributed by atoms with Gasteiger partial charge in [-0.15, -0.1) is 11.8 Å². The Hall–Kier alpha value is -2.58. The van der Waals surface area contributed by atoms with Gasteiger partial charge in [0.25, 0.3) is 5.56 Å². The van der Waals surface area contributed by atoms with Gasteiger partial charge in [-0.1, -0.05) is 42.0 Å². The SMILES string of the molecule is Cc1cccc(CSc2[nH]c(=O)c(C#N)c3c(F)cccc23)c1. The van der Waals surface area contributed by atoms with E-state index in [4.69, 9.17) is 5.26 Å². The number of aryl methyl sites for hydroxylation is 1. The van der Waals surface area contributed by atoms with Crippen LogP contribution in [0.5, 0.6) is 0 Å². The highest BCUT2D eigenvalue weighted by Gasteiger charge is 2.14. The first kappa shape index (κ1) is 15.3. The summed E-state index contributed by atoms with van der Waals surface area (Å²) in [5, 5.41) is 10.3. The molecule has 0 unspecified atom stereocenters. The predicted molar refractivity (Wildman–Crippen MR) is 90.0 cm³/mol. The van der Waals surface area contributed by atoms with Crippen LogP contribution in [-0.2, 0) is 5.75 Å². The molecule has 0 radical (unpaired) electrons. The molecule has 0 fully saturated rings. The zero-order chi connectivity index (χ0) is 16.4. The summed E-state index contributed by atoms with van der Waals surface area (Å²) in [7, 11) is 0. The van der Waals surface area contributed by atoms with E-state index in [0.29, 0.717) is 16.2 Å². The number of hydrogen-bond acceptors (Lipinski definition) is 3. The first-order valence-corrected chi connectivity index (χ1v) is 8.01. The number of aromatic amines is 1. The minimum atomic E-state index is -0.558. The molecule has 3 nitrogen and oxygen atoms in total. The van der Waals surface area contributed by atoms with E-state index >= 15 is 0 Å². The molecule has 5 heteroatoms. The number of fused-ring (bicyclic) bond motifs is 1. The van der Waals surface area contributed by atoms with Crippen molar-refractivity contribution in [2.45, 2.75) is 17.7 Å². The van der Waals surface area contributed by atoms with E-state index in [2.05, 4.69) is 11.1 Å². The van der Waals surface area contributed by atoms with Gasteiger partial charge in [0.1, 0.15) is 17.4 Å². The lowest BCUT2D eigenvalue weighted by molar-refractivity contribution is 0.639. The number of hydrogen-bond donors (Lipinski definition) is 1. The maximum atomic E-state index is 14.1. The van der Waals surface area contributed by atoms with Crippen LogP contribution in [0.1, 0.15) is 16.7 Å². The maximum Gasteiger partial charge on any atom is 0.267 e. The van der Waals surface area contributed by atoms with Crippen LogP contribution in [-0.4, -0.2) is 4.98 Å². The Labute approximate surface area is 136 Å². The standard InChI is InChI=1S/C18H13FN2OS/c1-11-4-2-5-12(8-11)10-23-18-13-6-3-7-15(19)16(13)14(9-20)17(22)21-18/h2-8H,10H2,1H3,(H,21,22). The first-order valence-electron chi connectivity index (χ1n) is 7.03. The van der Waals surface area contributed by atoms with Crippen LogP contribution in [0.15, 0.2) is 52.3 Å². The highest BCUT2D eigenvalue weighted by Crippen LogP contribution is 2.30. The van der Waals surface area contributed by atoms with Crippen LogP contribution >= 0.6 is 11.8 Å². The lowest BCUT2D eigenvalue weighted by atomic mass is 10.1. The molecule has 0 atom stereocenters. The second-order valence-corrected chi connectivity index (χ2v) is 6.20. The molecule has 0 aliphatic rings. The van der Waals surface area contributed by atoms with Crippen molar-refractivity contribution in [2.75, 3.05) is 0 Å². The summed E-state index contributed by atoms with van der Waals surface area (Å²) < 4.78 is 14.1. The van der Waals surface area contributed by atoms with Crippen molar-refractivity contribution in [1.29, 1.82) is 5.26 Å². The molecule has 3 aromatic rings. The summed E-state index contributed by atoms with van der Waals surface area (Å²) in [4.78, 5) is 14.7. The summed E-state index contributed by atoms with van der Waals surface area (Å²) in [6.07, 6.45) is 0. The Kier molecular flexibility index (Phi) is 4.18. The molecule has 0 aliphatic heterocycles. The Bertz CT molecular complexity index is 988. The molecular weight excluding hydrogens is 311 g/mol. The third kappa shape index (κ3) is 2.99. The summed E-state index contributed by atoms with van der Waals surface area (Å²) in [5.74, 6) is 0.0948. The molecule has 1 aromatic heterocycles. The number of nitrogens with zero attached hydrogens (tertiary/aromatic N) is 1. The summed E-state index contributed by atoms with van der Waals surface area (Å²) >= 11 is 1.42. The van der Waals surface area contributed by atoms with E-state index in [1.165, 1.54) is 17.8 Å². The largest absolute Gasteiger partial charge is 0.315 e. The van der Waals surface area contributed by atoms with Crippen molar-refractivity contribution < 1.29 is 4.39 Å². The molecule has 0 bridgehead atoms. The Balaban J connectivity index is 2.07. The second-order valence-electron chi connectivity index (χ2n) is 5.21. The van der Waals surface area contributed by atoms with Gasteiger partial charge >= 0.3 is 0 Å². The van der Waals surface area contributed by atoms with Crippen molar-refractivity contribution >= 4 is 22.5 Å². The normalized spacial score (nSPS) is 10.7. The molecule has 0 saturated carbocycles. The predicted octanol–water partition coefficient (Wildman–Crippen LogP) is 4.14. The van der Waals surface area contributed by atoms with Crippen molar-refractivity contribution in [2.24, 2.45) is 0 Å². The number of halogens is 1. The monoisotopic (exact) mass is 324 g/mol. The van der Waals surface area contributed by atoms with Crippen LogP contribution in [0.2, 0.25) is 0 Å². The van der Waals surface area contributed by atoms with Gasteiger partial charge in [-0.2, -0.15) is 5.26 Å². The number of nitrogens with one attached hydrogen (secondary N) is 1. The molecular formula is C18H13FN2OS. The van der Waals surface area contributed by atoms with E-state index in [9.17, 15) is 9.18 Å². The number of benzene rings is 2. The average molecular weight is 324 g/mol. The van der Waals surface area contributed by atoms with Crippen molar-refractivity contribution in [1.82, 2.24) is 4.98 Å². The molecule has 3 rings (SSSR count). The van der Waals surface area contributed by atoms with E-state index in [1.54, 1.807) is 18.2 Å². The lowest BCUT2D eigenvalue weighted by Crippen LogP contribution is -2.12. The van der Waals surface area contributed by atoms with Gasteiger partial charge in [0.05, 0.1) is 5.03 Å². The third-order valence-electron chi connectivity index (χ3n) is 3.54. The zero-order valence-corrected chi connectivity index (χ0v) is 13.2. The average Bonchev–Trinajstić information content (AvgIpc) is 2.53. The number of aromatic nitrogens is 1. The lowest BCUT2D eigenvalue weighted by Gasteiger charge is -2.08. The number of nitriles is 1. The van der Waals surface area contributed by atoms with Crippen LogP contribution in [0.25, 0.3) is 10.8 Å². The Morgan fingerprint density at radius 2 is 2.04 bits per heavy atom. The highest BCUT2D eigenvalue weighted by molar-refractivity contribution is 7.98. The number of pyridine rings is 1.